The summed E-state index contributed by atoms with van der Waals surface area (Å²) in [5, 5.41) is 0.380. The molecule has 0 radical (unpaired) electrons. The molecule has 2 N–H and O–H groups in total. The number of rotatable bonds is 4. The SMILES string of the molecule is Cc1ccc(C(N)CS(=O)C2CCCCC2)c(C)c1. The van der Waals surface area contributed by atoms with Gasteiger partial charge in [0, 0.05) is 27.8 Å². The summed E-state index contributed by atoms with van der Waals surface area (Å²) >= 11 is 0. The molecule has 1 fully saturated rings. The minimum Gasteiger partial charge on any atom is -0.323 e. The molecule has 1 aliphatic carbocycles. The highest BCUT2D eigenvalue weighted by Gasteiger charge is 2.22. The van der Waals surface area contributed by atoms with Gasteiger partial charge in [-0.15, -0.1) is 0 Å². The third-order valence-electron chi connectivity index (χ3n) is 4.09. The standard InChI is InChI=1S/C16H25NOS/c1-12-8-9-15(13(2)10-12)16(17)11-19(18)14-6-4-3-5-7-14/h8-10,14,16H,3-7,11,17H2,1-2H3. The van der Waals surface area contributed by atoms with Gasteiger partial charge in [0.15, 0.2) is 0 Å². The van der Waals surface area contributed by atoms with E-state index in [4.69, 9.17) is 5.73 Å². The Morgan fingerprint density at radius 3 is 2.58 bits per heavy atom. The van der Waals surface area contributed by atoms with Crippen molar-refractivity contribution in [2.24, 2.45) is 5.73 Å². The Balaban J connectivity index is 1.99. The van der Waals surface area contributed by atoms with Gasteiger partial charge in [0.1, 0.15) is 0 Å². The molecule has 1 aromatic rings. The largest absolute Gasteiger partial charge is 0.323 e. The van der Waals surface area contributed by atoms with E-state index in [-0.39, 0.29) is 6.04 Å². The first-order valence-corrected chi connectivity index (χ1v) is 8.66. The molecule has 0 aromatic heterocycles. The van der Waals surface area contributed by atoms with Crippen molar-refractivity contribution in [1.29, 1.82) is 0 Å². The Morgan fingerprint density at radius 1 is 1.26 bits per heavy atom. The van der Waals surface area contributed by atoms with Crippen molar-refractivity contribution < 1.29 is 4.21 Å². The third-order valence-corrected chi connectivity index (χ3v) is 6.00. The topological polar surface area (TPSA) is 43.1 Å². The second-order valence-corrected chi connectivity index (χ2v) is 7.54. The Hall–Kier alpha value is -0.670. The summed E-state index contributed by atoms with van der Waals surface area (Å²) in [5.41, 5.74) is 9.88. The molecule has 0 heterocycles. The van der Waals surface area contributed by atoms with Gasteiger partial charge in [0.05, 0.1) is 0 Å². The van der Waals surface area contributed by atoms with Gasteiger partial charge in [-0.2, -0.15) is 0 Å². The van der Waals surface area contributed by atoms with Crippen LogP contribution in [0.2, 0.25) is 0 Å². The predicted molar refractivity (Wildman–Crippen MR) is 82.7 cm³/mol. The highest BCUT2D eigenvalue weighted by atomic mass is 32.2. The first-order valence-electron chi connectivity index (χ1n) is 7.28. The molecule has 0 spiro atoms. The number of hydrogen-bond acceptors (Lipinski definition) is 2. The molecule has 19 heavy (non-hydrogen) atoms. The molecule has 1 aliphatic rings. The molecule has 2 atom stereocenters. The number of aryl methyl sites for hydroxylation is 2. The van der Waals surface area contributed by atoms with E-state index in [0.29, 0.717) is 11.0 Å². The maximum Gasteiger partial charge on any atom is 0.0431 e. The molecule has 0 saturated heterocycles. The minimum absolute atomic E-state index is 0.0941. The van der Waals surface area contributed by atoms with Crippen LogP contribution in [0.5, 0.6) is 0 Å². The monoisotopic (exact) mass is 279 g/mol. The molecular formula is C16H25NOS. The summed E-state index contributed by atoms with van der Waals surface area (Å²) in [6.45, 7) is 4.17. The van der Waals surface area contributed by atoms with Gasteiger partial charge in [-0.05, 0) is 37.8 Å². The summed E-state index contributed by atoms with van der Waals surface area (Å²) in [6, 6.07) is 6.24. The molecule has 2 unspecified atom stereocenters. The van der Waals surface area contributed by atoms with Crippen LogP contribution in [0.1, 0.15) is 54.8 Å². The van der Waals surface area contributed by atoms with Crippen molar-refractivity contribution in [3.63, 3.8) is 0 Å². The Labute approximate surface area is 119 Å². The molecule has 0 aliphatic heterocycles. The highest BCUT2D eigenvalue weighted by molar-refractivity contribution is 7.85. The molecule has 0 amide bonds. The average Bonchev–Trinajstić information content (AvgIpc) is 2.39. The summed E-state index contributed by atoms with van der Waals surface area (Å²) in [4.78, 5) is 0. The maximum absolute atomic E-state index is 12.4. The summed E-state index contributed by atoms with van der Waals surface area (Å²) in [6.07, 6.45) is 6.00. The molecule has 2 nitrogen and oxygen atoms in total. The van der Waals surface area contributed by atoms with E-state index >= 15 is 0 Å². The summed E-state index contributed by atoms with van der Waals surface area (Å²) < 4.78 is 12.4. The molecule has 106 valence electrons. The van der Waals surface area contributed by atoms with Crippen LogP contribution >= 0.6 is 0 Å². The van der Waals surface area contributed by atoms with Crippen LogP contribution in [0.3, 0.4) is 0 Å². The lowest BCUT2D eigenvalue weighted by Crippen LogP contribution is -2.27. The quantitative estimate of drug-likeness (QED) is 0.918. The predicted octanol–water partition coefficient (Wildman–Crippen LogP) is 3.38. The van der Waals surface area contributed by atoms with Gasteiger partial charge in [0.2, 0.25) is 0 Å². The molecular weight excluding hydrogens is 254 g/mol. The van der Waals surface area contributed by atoms with Crippen LogP contribution in [0.25, 0.3) is 0 Å². The van der Waals surface area contributed by atoms with Crippen LogP contribution in [0.15, 0.2) is 18.2 Å². The maximum atomic E-state index is 12.4. The van der Waals surface area contributed by atoms with Gasteiger partial charge < -0.3 is 5.73 Å². The van der Waals surface area contributed by atoms with Crippen LogP contribution in [0, 0.1) is 13.8 Å². The van der Waals surface area contributed by atoms with Crippen LogP contribution in [-0.4, -0.2) is 15.2 Å². The number of benzene rings is 1. The van der Waals surface area contributed by atoms with E-state index in [1.54, 1.807) is 0 Å². The fraction of sp³-hybridized carbons (Fsp3) is 0.625. The van der Waals surface area contributed by atoms with Gasteiger partial charge in [-0.3, -0.25) is 4.21 Å². The summed E-state index contributed by atoms with van der Waals surface area (Å²) in [7, 11) is -0.776. The van der Waals surface area contributed by atoms with Gasteiger partial charge in [0.25, 0.3) is 0 Å². The van der Waals surface area contributed by atoms with Crippen molar-refractivity contribution in [2.45, 2.75) is 57.2 Å². The summed E-state index contributed by atoms with van der Waals surface area (Å²) in [5.74, 6) is 0.606. The normalized spacial score (nSPS) is 20.2. The Bertz CT molecular complexity index is 452. The lowest BCUT2D eigenvalue weighted by Gasteiger charge is -2.23. The minimum atomic E-state index is -0.776. The fourth-order valence-corrected chi connectivity index (χ4v) is 4.64. The number of hydrogen-bond donors (Lipinski definition) is 1. The smallest absolute Gasteiger partial charge is 0.0431 e. The number of nitrogens with two attached hydrogens (primary N) is 1. The Kier molecular flexibility index (Phi) is 5.17. The van der Waals surface area contributed by atoms with E-state index in [1.807, 2.05) is 0 Å². The second-order valence-electron chi connectivity index (χ2n) is 5.77. The first-order chi connectivity index (χ1) is 9.08. The van der Waals surface area contributed by atoms with Crippen LogP contribution < -0.4 is 5.73 Å². The zero-order valence-electron chi connectivity index (χ0n) is 12.0. The van der Waals surface area contributed by atoms with Crippen molar-refractivity contribution in [2.75, 3.05) is 5.75 Å². The van der Waals surface area contributed by atoms with Gasteiger partial charge >= 0.3 is 0 Å². The molecule has 0 bridgehead atoms. The van der Waals surface area contributed by atoms with Gasteiger partial charge in [-0.25, -0.2) is 0 Å². The van der Waals surface area contributed by atoms with Crippen molar-refractivity contribution in [3.8, 4) is 0 Å². The van der Waals surface area contributed by atoms with Crippen LogP contribution in [-0.2, 0) is 10.8 Å². The second kappa shape index (κ2) is 6.67. The molecule has 3 heteroatoms. The Morgan fingerprint density at radius 2 is 1.95 bits per heavy atom. The molecule has 2 rings (SSSR count). The van der Waals surface area contributed by atoms with E-state index in [9.17, 15) is 4.21 Å². The third kappa shape index (κ3) is 3.90. The van der Waals surface area contributed by atoms with Crippen molar-refractivity contribution in [3.05, 3.63) is 34.9 Å². The first kappa shape index (κ1) is 14.7. The lowest BCUT2D eigenvalue weighted by atomic mass is 10.0. The van der Waals surface area contributed by atoms with Gasteiger partial charge in [-0.1, -0.05) is 43.0 Å². The lowest BCUT2D eigenvalue weighted by molar-refractivity contribution is 0.503. The zero-order chi connectivity index (χ0) is 13.8. The van der Waals surface area contributed by atoms with Crippen molar-refractivity contribution >= 4 is 10.8 Å². The fourth-order valence-electron chi connectivity index (χ4n) is 2.97. The van der Waals surface area contributed by atoms with Crippen molar-refractivity contribution in [1.82, 2.24) is 0 Å². The zero-order valence-corrected chi connectivity index (χ0v) is 12.8. The average molecular weight is 279 g/mol. The van der Waals surface area contributed by atoms with E-state index in [0.717, 1.165) is 18.4 Å². The highest BCUT2D eigenvalue weighted by Crippen LogP contribution is 2.25. The van der Waals surface area contributed by atoms with Crippen LogP contribution in [0.4, 0.5) is 0 Å². The molecule has 1 aromatic carbocycles. The van der Waals surface area contributed by atoms with E-state index in [2.05, 4.69) is 32.0 Å². The van der Waals surface area contributed by atoms with E-state index in [1.165, 1.54) is 30.4 Å². The van der Waals surface area contributed by atoms with E-state index < -0.39 is 10.8 Å². The molecule has 1 saturated carbocycles.